The van der Waals surface area contributed by atoms with Crippen molar-refractivity contribution in [3.8, 4) is 0 Å². The molecule has 0 saturated carbocycles. The van der Waals surface area contributed by atoms with E-state index in [0.717, 1.165) is 5.56 Å². The molecule has 2 heterocycles. The molecule has 0 aliphatic carbocycles. The van der Waals surface area contributed by atoms with Crippen LogP contribution in [0.2, 0.25) is 0 Å². The number of morpholine rings is 1. The second-order valence-electron chi connectivity index (χ2n) is 8.91. The molecule has 0 bridgehead atoms. The second-order valence-corrected chi connectivity index (χ2v) is 8.91. The van der Waals surface area contributed by atoms with Gasteiger partial charge in [0.15, 0.2) is 0 Å². The van der Waals surface area contributed by atoms with E-state index in [9.17, 15) is 18.0 Å². The molecule has 2 aliphatic heterocycles. The minimum atomic E-state index is -4.33. The molecule has 8 heteroatoms. The highest BCUT2D eigenvalue weighted by atomic mass is 19.4. The van der Waals surface area contributed by atoms with Gasteiger partial charge in [0.1, 0.15) is 5.60 Å². The van der Waals surface area contributed by atoms with Gasteiger partial charge in [-0.1, -0.05) is 30.3 Å². The lowest BCUT2D eigenvalue weighted by Gasteiger charge is -2.51. The van der Waals surface area contributed by atoms with Crippen molar-refractivity contribution in [2.24, 2.45) is 5.92 Å². The predicted molar refractivity (Wildman–Crippen MR) is 102 cm³/mol. The summed E-state index contributed by atoms with van der Waals surface area (Å²) in [6, 6.07) is 9.21. The third kappa shape index (κ3) is 5.71. The first-order chi connectivity index (χ1) is 13.5. The summed E-state index contributed by atoms with van der Waals surface area (Å²) in [7, 11) is 0. The number of rotatable bonds is 3. The Bertz CT molecular complexity index is 705. The fourth-order valence-corrected chi connectivity index (χ4v) is 4.16. The number of halogens is 3. The molecule has 162 valence electrons. The Morgan fingerprint density at radius 3 is 2.59 bits per heavy atom. The van der Waals surface area contributed by atoms with Crippen LogP contribution in [0.1, 0.15) is 38.9 Å². The average molecular weight is 414 g/mol. The zero-order chi connectivity index (χ0) is 21.3. The molecule has 2 fully saturated rings. The van der Waals surface area contributed by atoms with Gasteiger partial charge in [-0.05, 0) is 39.3 Å². The van der Waals surface area contributed by atoms with E-state index in [1.807, 2.05) is 30.3 Å². The highest BCUT2D eigenvalue weighted by Gasteiger charge is 2.53. The topological polar surface area (TPSA) is 50.8 Å². The van der Waals surface area contributed by atoms with Crippen LogP contribution in [0, 0.1) is 5.92 Å². The molecule has 0 aromatic heterocycles. The van der Waals surface area contributed by atoms with E-state index in [-0.39, 0.29) is 13.1 Å². The summed E-state index contributed by atoms with van der Waals surface area (Å²) in [5.41, 5.74) is -0.910. The number of nitrogens with one attached hydrogen (secondary N) is 1. The molecule has 2 saturated heterocycles. The largest absolute Gasteiger partial charge is 0.460 e. The lowest BCUT2D eigenvalue weighted by atomic mass is 9.79. The molecule has 3 atom stereocenters. The summed E-state index contributed by atoms with van der Waals surface area (Å²) in [6.07, 6.45) is -4.43. The van der Waals surface area contributed by atoms with E-state index in [2.05, 4.69) is 5.32 Å². The maximum Gasteiger partial charge on any atom is 0.401 e. The average Bonchev–Trinajstić information content (AvgIpc) is 2.59. The number of carbonyl (C=O) groups is 1. The van der Waals surface area contributed by atoms with E-state index in [0.29, 0.717) is 19.5 Å². The number of hydrogen-bond acceptors (Lipinski definition) is 5. The number of alkyl halides is 3. The summed E-state index contributed by atoms with van der Waals surface area (Å²) < 4.78 is 51.7. The lowest BCUT2D eigenvalue weighted by Crippen LogP contribution is -2.64. The highest BCUT2D eigenvalue weighted by Crippen LogP contribution is 2.41. The second kappa shape index (κ2) is 8.24. The Labute approximate surface area is 169 Å². The highest BCUT2D eigenvalue weighted by molar-refractivity contribution is 5.75. The van der Waals surface area contributed by atoms with E-state index in [4.69, 9.17) is 9.47 Å². The maximum absolute atomic E-state index is 13.2. The van der Waals surface area contributed by atoms with Gasteiger partial charge in [0.2, 0.25) is 0 Å². The van der Waals surface area contributed by atoms with E-state index in [1.54, 1.807) is 20.8 Å². The fraction of sp³-hybridized carbons (Fsp3) is 0.667. The van der Waals surface area contributed by atoms with Crippen LogP contribution in [0.5, 0.6) is 0 Å². The maximum atomic E-state index is 13.2. The summed E-state index contributed by atoms with van der Waals surface area (Å²) in [4.78, 5) is 14.3. The van der Waals surface area contributed by atoms with Gasteiger partial charge >= 0.3 is 12.1 Å². The molecule has 5 nitrogen and oxygen atoms in total. The molecular weight excluding hydrogens is 385 g/mol. The molecule has 1 aromatic carbocycles. The number of benzene rings is 1. The van der Waals surface area contributed by atoms with Crippen LogP contribution in [0.25, 0.3) is 0 Å². The summed E-state index contributed by atoms with van der Waals surface area (Å²) in [6.45, 7) is 5.35. The van der Waals surface area contributed by atoms with Crippen LogP contribution in [-0.4, -0.2) is 61.0 Å². The van der Waals surface area contributed by atoms with E-state index in [1.165, 1.54) is 4.90 Å². The van der Waals surface area contributed by atoms with Crippen LogP contribution in [0.3, 0.4) is 0 Å². The molecule has 0 radical (unpaired) electrons. The predicted octanol–water partition coefficient (Wildman–Crippen LogP) is 3.31. The van der Waals surface area contributed by atoms with Crippen molar-refractivity contribution < 1.29 is 27.4 Å². The lowest BCUT2D eigenvalue weighted by molar-refractivity contribution is -0.225. The number of hydrogen-bond donors (Lipinski definition) is 1. The summed E-state index contributed by atoms with van der Waals surface area (Å²) in [5.74, 6) is -1.12. The van der Waals surface area contributed by atoms with Gasteiger partial charge in [-0.15, -0.1) is 0 Å². The van der Waals surface area contributed by atoms with Crippen molar-refractivity contribution >= 4 is 5.97 Å². The molecule has 1 N–H and O–H groups in total. The van der Waals surface area contributed by atoms with Gasteiger partial charge in [0.05, 0.1) is 24.2 Å². The number of carbonyl (C=O) groups excluding carboxylic acids is 1. The summed E-state index contributed by atoms with van der Waals surface area (Å²) >= 11 is 0. The first-order valence-electron chi connectivity index (χ1n) is 9.93. The van der Waals surface area contributed by atoms with Crippen LogP contribution in [0.15, 0.2) is 30.3 Å². The molecule has 3 unspecified atom stereocenters. The first kappa shape index (κ1) is 22.1. The number of ether oxygens (including phenoxy) is 2. The monoisotopic (exact) mass is 414 g/mol. The Morgan fingerprint density at radius 2 is 1.97 bits per heavy atom. The standard InChI is InChI=1S/C21H29F3N2O3/c1-19(2,3)29-18(27)16-11-25-10-9-20(16)13-26(14-21(22,23)24)12-17(28-20)15-7-5-4-6-8-15/h4-8,16-17,25H,9-14H2,1-3H3. The van der Waals surface area contributed by atoms with Crippen molar-refractivity contribution in [1.29, 1.82) is 0 Å². The van der Waals surface area contributed by atoms with Gasteiger partial charge in [0, 0.05) is 19.6 Å². The minimum absolute atomic E-state index is 0.0431. The van der Waals surface area contributed by atoms with Crippen molar-refractivity contribution in [2.45, 2.75) is 50.7 Å². The Morgan fingerprint density at radius 1 is 1.28 bits per heavy atom. The van der Waals surface area contributed by atoms with E-state index >= 15 is 0 Å². The molecule has 0 amide bonds. The molecule has 1 aromatic rings. The van der Waals surface area contributed by atoms with Crippen LogP contribution < -0.4 is 5.32 Å². The normalized spacial score (nSPS) is 29.0. The molecule has 1 spiro atoms. The van der Waals surface area contributed by atoms with Crippen molar-refractivity contribution in [3.05, 3.63) is 35.9 Å². The molecule has 29 heavy (non-hydrogen) atoms. The Hall–Kier alpha value is -1.64. The zero-order valence-corrected chi connectivity index (χ0v) is 17.1. The van der Waals surface area contributed by atoms with Gasteiger partial charge in [-0.2, -0.15) is 13.2 Å². The number of nitrogens with zero attached hydrogens (tertiary/aromatic N) is 1. The molecule has 3 rings (SSSR count). The van der Waals surface area contributed by atoms with E-state index < -0.39 is 41.9 Å². The molecule has 2 aliphatic rings. The van der Waals surface area contributed by atoms with Gasteiger partial charge < -0.3 is 14.8 Å². The van der Waals surface area contributed by atoms with Crippen LogP contribution in [-0.2, 0) is 14.3 Å². The van der Waals surface area contributed by atoms with Crippen molar-refractivity contribution in [1.82, 2.24) is 10.2 Å². The SMILES string of the molecule is CC(C)(C)OC(=O)C1CNCCC12CN(CC(F)(F)F)CC(c1ccccc1)O2. The Kier molecular flexibility index (Phi) is 6.27. The van der Waals surface area contributed by atoms with Crippen LogP contribution in [0.4, 0.5) is 13.2 Å². The third-order valence-electron chi connectivity index (χ3n) is 5.27. The van der Waals surface area contributed by atoms with Gasteiger partial charge in [-0.25, -0.2) is 0 Å². The number of esters is 1. The Balaban J connectivity index is 1.92. The summed E-state index contributed by atoms with van der Waals surface area (Å²) in [5, 5.41) is 3.17. The number of piperidine rings is 1. The quantitative estimate of drug-likeness (QED) is 0.769. The van der Waals surface area contributed by atoms with Crippen molar-refractivity contribution in [2.75, 3.05) is 32.7 Å². The third-order valence-corrected chi connectivity index (χ3v) is 5.27. The van der Waals surface area contributed by atoms with Crippen molar-refractivity contribution in [3.63, 3.8) is 0 Å². The molecular formula is C21H29F3N2O3. The van der Waals surface area contributed by atoms with Gasteiger partial charge in [-0.3, -0.25) is 9.69 Å². The minimum Gasteiger partial charge on any atom is -0.460 e. The zero-order valence-electron chi connectivity index (χ0n) is 17.1. The smallest absolute Gasteiger partial charge is 0.401 e. The fourth-order valence-electron chi connectivity index (χ4n) is 4.16. The van der Waals surface area contributed by atoms with Crippen LogP contribution >= 0.6 is 0 Å². The van der Waals surface area contributed by atoms with Gasteiger partial charge in [0.25, 0.3) is 0 Å². The first-order valence-corrected chi connectivity index (χ1v) is 9.93.